The summed E-state index contributed by atoms with van der Waals surface area (Å²) in [5.74, 6) is 0. The summed E-state index contributed by atoms with van der Waals surface area (Å²) in [4.78, 5) is 16.2. The number of anilines is 3. The van der Waals surface area contributed by atoms with Crippen molar-refractivity contribution in [3.63, 3.8) is 0 Å². The minimum atomic E-state index is 0.947. The van der Waals surface area contributed by atoms with Crippen molar-refractivity contribution < 1.29 is 0 Å². The normalized spacial score (nSPS) is 11.1. The average Bonchev–Trinajstić information content (AvgIpc) is 3.34. The van der Waals surface area contributed by atoms with Gasteiger partial charge in [0, 0.05) is 52.3 Å². The first-order valence-electron chi connectivity index (χ1n) is 22.5. The number of benzene rings is 6. The van der Waals surface area contributed by atoms with Crippen molar-refractivity contribution in [3.8, 4) is 56.0 Å². The van der Waals surface area contributed by atoms with Gasteiger partial charge in [-0.05, 0) is 188 Å². The standard InChI is InChI=1S/C60H54N4/c1-42-37-56(44(3)35-47(42)17-6-5-7-18-48-36-45(4)57(38-43(48)2)49-19-14-20-50(39-49)58-25-8-11-32-61-58)46-28-30-53(31-29-46)64(54-23-15-21-51(40-54)59-26-9-12-33-62-59)55-24-16-22-52(41-55)60-27-10-13-34-63-60/h8-16,19-41H,5-7,17-18H2,1-4H3. The molecule has 64 heavy (non-hydrogen) atoms. The Morgan fingerprint density at radius 3 is 1.23 bits per heavy atom. The Bertz CT molecular complexity index is 2910. The van der Waals surface area contributed by atoms with Gasteiger partial charge in [-0.25, -0.2) is 0 Å². The maximum Gasteiger partial charge on any atom is 0.0702 e. The van der Waals surface area contributed by atoms with E-state index in [1.165, 1.54) is 74.9 Å². The Morgan fingerprint density at radius 1 is 0.328 bits per heavy atom. The van der Waals surface area contributed by atoms with Crippen LogP contribution in [-0.2, 0) is 12.8 Å². The van der Waals surface area contributed by atoms with Gasteiger partial charge in [0.2, 0.25) is 0 Å². The monoisotopic (exact) mass is 830 g/mol. The molecule has 3 aromatic heterocycles. The Hall–Kier alpha value is -7.43. The van der Waals surface area contributed by atoms with Crippen LogP contribution in [0.4, 0.5) is 17.1 Å². The maximum atomic E-state index is 4.65. The second kappa shape index (κ2) is 19.3. The van der Waals surface area contributed by atoms with Crippen LogP contribution in [0.5, 0.6) is 0 Å². The zero-order valence-corrected chi connectivity index (χ0v) is 37.3. The van der Waals surface area contributed by atoms with Gasteiger partial charge in [-0.3, -0.25) is 15.0 Å². The molecule has 9 rings (SSSR count). The van der Waals surface area contributed by atoms with Crippen LogP contribution in [0.2, 0.25) is 0 Å². The second-order valence-electron chi connectivity index (χ2n) is 17.0. The molecule has 4 nitrogen and oxygen atoms in total. The van der Waals surface area contributed by atoms with Crippen LogP contribution in [0.15, 0.2) is 195 Å². The molecule has 6 aromatic carbocycles. The molecular formula is C60H54N4. The molecule has 314 valence electrons. The van der Waals surface area contributed by atoms with Gasteiger partial charge in [-0.2, -0.15) is 0 Å². The molecule has 0 amide bonds. The van der Waals surface area contributed by atoms with E-state index >= 15 is 0 Å². The molecule has 0 bridgehead atoms. The highest BCUT2D eigenvalue weighted by molar-refractivity contribution is 5.83. The van der Waals surface area contributed by atoms with Gasteiger partial charge in [-0.15, -0.1) is 0 Å². The minimum absolute atomic E-state index is 0.947. The van der Waals surface area contributed by atoms with E-state index in [2.05, 4.69) is 187 Å². The lowest BCUT2D eigenvalue weighted by atomic mass is 9.91. The van der Waals surface area contributed by atoms with Crippen molar-refractivity contribution in [2.75, 3.05) is 4.90 Å². The van der Waals surface area contributed by atoms with Crippen LogP contribution in [0.25, 0.3) is 56.0 Å². The highest BCUT2D eigenvalue weighted by atomic mass is 15.1. The molecule has 0 saturated carbocycles. The number of hydrogen-bond acceptors (Lipinski definition) is 4. The fourth-order valence-corrected chi connectivity index (χ4v) is 9.01. The van der Waals surface area contributed by atoms with E-state index in [1.807, 2.05) is 55.0 Å². The SMILES string of the molecule is Cc1cc(-c2ccc(N(c3cccc(-c4ccccn4)c3)c3cccc(-c4ccccn4)c3)cc2)c(C)cc1CCCCCc1cc(C)c(-c2cccc(-c3ccccn3)c2)cc1C. The zero-order chi connectivity index (χ0) is 43.8. The number of unbranched alkanes of at least 4 members (excludes halogenated alkanes) is 2. The van der Waals surface area contributed by atoms with Crippen molar-refractivity contribution in [2.45, 2.75) is 59.8 Å². The van der Waals surface area contributed by atoms with Crippen molar-refractivity contribution >= 4 is 17.1 Å². The topological polar surface area (TPSA) is 41.9 Å². The predicted molar refractivity (Wildman–Crippen MR) is 268 cm³/mol. The fraction of sp³-hybridized carbons (Fsp3) is 0.150. The van der Waals surface area contributed by atoms with Gasteiger partial charge >= 0.3 is 0 Å². The van der Waals surface area contributed by atoms with E-state index in [4.69, 9.17) is 0 Å². The molecule has 0 spiro atoms. The summed E-state index contributed by atoms with van der Waals surface area (Å²) < 4.78 is 0. The molecule has 0 N–H and O–H groups in total. The molecule has 0 aliphatic rings. The molecule has 0 aliphatic heterocycles. The third kappa shape index (κ3) is 9.47. The number of nitrogens with zero attached hydrogens (tertiary/aromatic N) is 4. The number of pyridine rings is 3. The van der Waals surface area contributed by atoms with Crippen LogP contribution >= 0.6 is 0 Å². The summed E-state index contributed by atoms with van der Waals surface area (Å²) in [6.07, 6.45) is 11.3. The number of hydrogen-bond donors (Lipinski definition) is 0. The van der Waals surface area contributed by atoms with Crippen LogP contribution in [-0.4, -0.2) is 15.0 Å². The van der Waals surface area contributed by atoms with Gasteiger partial charge in [-0.1, -0.05) is 103 Å². The molecule has 9 aromatic rings. The lowest BCUT2D eigenvalue weighted by molar-refractivity contribution is 0.675. The summed E-state index contributed by atoms with van der Waals surface area (Å²) in [5.41, 5.74) is 22.7. The van der Waals surface area contributed by atoms with Crippen molar-refractivity contribution in [1.82, 2.24) is 15.0 Å². The average molecular weight is 831 g/mol. The van der Waals surface area contributed by atoms with Crippen molar-refractivity contribution in [1.29, 1.82) is 0 Å². The van der Waals surface area contributed by atoms with Crippen LogP contribution in [0, 0.1) is 27.7 Å². The first kappa shape index (κ1) is 41.9. The van der Waals surface area contributed by atoms with E-state index in [1.54, 1.807) is 0 Å². The summed E-state index contributed by atoms with van der Waals surface area (Å²) in [7, 11) is 0. The van der Waals surface area contributed by atoms with E-state index in [0.29, 0.717) is 0 Å². The van der Waals surface area contributed by atoms with Crippen LogP contribution < -0.4 is 4.90 Å². The first-order chi connectivity index (χ1) is 31.4. The van der Waals surface area contributed by atoms with Crippen molar-refractivity contribution in [3.05, 3.63) is 228 Å². The van der Waals surface area contributed by atoms with Crippen LogP contribution in [0.3, 0.4) is 0 Å². The molecule has 0 aliphatic carbocycles. The number of rotatable bonds is 14. The van der Waals surface area contributed by atoms with Crippen molar-refractivity contribution in [2.24, 2.45) is 0 Å². The molecular weight excluding hydrogens is 777 g/mol. The zero-order valence-electron chi connectivity index (χ0n) is 37.3. The Morgan fingerprint density at radius 2 is 0.766 bits per heavy atom. The van der Waals surface area contributed by atoms with Gasteiger partial charge < -0.3 is 4.90 Å². The van der Waals surface area contributed by atoms with E-state index in [-0.39, 0.29) is 0 Å². The third-order valence-electron chi connectivity index (χ3n) is 12.5. The lowest BCUT2D eigenvalue weighted by Gasteiger charge is -2.27. The summed E-state index contributed by atoms with van der Waals surface area (Å²) in [6, 6.07) is 62.9. The maximum absolute atomic E-state index is 4.65. The molecule has 0 unspecified atom stereocenters. The number of aromatic nitrogens is 3. The summed E-state index contributed by atoms with van der Waals surface area (Å²) in [6.45, 7) is 9.05. The Balaban J connectivity index is 0.879. The Kier molecular flexibility index (Phi) is 12.6. The molecule has 0 radical (unpaired) electrons. The van der Waals surface area contributed by atoms with E-state index in [9.17, 15) is 0 Å². The molecule has 3 heterocycles. The molecule has 0 atom stereocenters. The molecule has 4 heteroatoms. The smallest absolute Gasteiger partial charge is 0.0702 e. The predicted octanol–water partition coefficient (Wildman–Crippen LogP) is 15.9. The summed E-state index contributed by atoms with van der Waals surface area (Å²) >= 11 is 0. The third-order valence-corrected chi connectivity index (χ3v) is 12.5. The highest BCUT2D eigenvalue weighted by Crippen LogP contribution is 2.39. The largest absolute Gasteiger partial charge is 0.310 e. The fourth-order valence-electron chi connectivity index (χ4n) is 9.01. The van der Waals surface area contributed by atoms with Gasteiger partial charge in [0.25, 0.3) is 0 Å². The van der Waals surface area contributed by atoms with Crippen LogP contribution in [0.1, 0.15) is 52.6 Å². The quantitative estimate of drug-likeness (QED) is 0.102. The van der Waals surface area contributed by atoms with Gasteiger partial charge in [0.15, 0.2) is 0 Å². The number of aryl methyl sites for hydroxylation is 6. The minimum Gasteiger partial charge on any atom is -0.310 e. The summed E-state index contributed by atoms with van der Waals surface area (Å²) in [5, 5.41) is 0. The molecule has 0 fully saturated rings. The van der Waals surface area contributed by atoms with E-state index in [0.717, 1.165) is 63.7 Å². The highest BCUT2D eigenvalue weighted by Gasteiger charge is 2.17. The van der Waals surface area contributed by atoms with Gasteiger partial charge in [0.1, 0.15) is 0 Å². The van der Waals surface area contributed by atoms with E-state index < -0.39 is 0 Å². The van der Waals surface area contributed by atoms with Gasteiger partial charge in [0.05, 0.1) is 17.1 Å². The second-order valence-corrected chi connectivity index (χ2v) is 17.0. The molecule has 0 saturated heterocycles. The lowest BCUT2D eigenvalue weighted by Crippen LogP contribution is -2.10. The first-order valence-corrected chi connectivity index (χ1v) is 22.5. The Labute approximate surface area is 379 Å².